The SMILES string of the molecule is COC(=O)C1(c2ccc(-c3ccc(-c4onc(C)c4NC(=O)O[C@H](C)c4ccccc4Cl)cc3)cc2)CN(Cc2ccccc2)C1. The van der Waals surface area contributed by atoms with Crippen LogP contribution in [0.2, 0.25) is 5.02 Å². The Kier molecular flexibility index (Phi) is 8.92. The molecule has 9 heteroatoms. The minimum absolute atomic E-state index is 0.220. The number of hydrogen-bond donors (Lipinski definition) is 1. The van der Waals surface area contributed by atoms with E-state index in [2.05, 4.69) is 27.5 Å². The molecular weight excluding hydrogens is 602 g/mol. The first-order valence-electron chi connectivity index (χ1n) is 15.0. The molecule has 1 aliphatic heterocycles. The van der Waals surface area contributed by atoms with Crippen LogP contribution >= 0.6 is 11.6 Å². The zero-order chi connectivity index (χ0) is 32.3. The number of halogens is 1. The van der Waals surface area contributed by atoms with E-state index in [9.17, 15) is 9.59 Å². The molecule has 5 aromatic rings. The van der Waals surface area contributed by atoms with Crippen molar-refractivity contribution < 1.29 is 23.6 Å². The predicted octanol–water partition coefficient (Wildman–Crippen LogP) is 8.21. The van der Waals surface area contributed by atoms with Gasteiger partial charge in [-0.05, 0) is 42.2 Å². The van der Waals surface area contributed by atoms with E-state index in [1.165, 1.54) is 12.7 Å². The summed E-state index contributed by atoms with van der Waals surface area (Å²) in [6.07, 6.45) is -1.20. The van der Waals surface area contributed by atoms with E-state index in [1.807, 2.05) is 84.9 Å². The van der Waals surface area contributed by atoms with Gasteiger partial charge in [0.05, 0.1) is 7.11 Å². The van der Waals surface area contributed by atoms with Crippen LogP contribution in [0.1, 0.15) is 35.4 Å². The Morgan fingerprint density at radius 1 is 0.913 bits per heavy atom. The molecule has 1 atom stereocenters. The van der Waals surface area contributed by atoms with Crippen molar-refractivity contribution in [2.24, 2.45) is 0 Å². The Labute approximate surface area is 272 Å². The Balaban J connectivity index is 1.14. The smallest absolute Gasteiger partial charge is 0.412 e. The van der Waals surface area contributed by atoms with E-state index in [0.29, 0.717) is 40.8 Å². The lowest BCUT2D eigenvalue weighted by atomic mass is 9.73. The molecule has 4 aromatic carbocycles. The standard InChI is InChI=1S/C37H34ClN3O5/c1-24-33(39-36(43)45-25(2)31-11-7-8-12-32(31)38)34(46-40-24)29-15-13-27(14-16-29)28-17-19-30(20-18-28)37(35(42)44-3)22-41(23-37)21-26-9-5-4-6-10-26/h4-20,25H,21-23H2,1-3H3,(H,39,43)/t25-/m1/s1. The van der Waals surface area contributed by atoms with Gasteiger partial charge in [0.2, 0.25) is 0 Å². The van der Waals surface area contributed by atoms with Gasteiger partial charge in [0, 0.05) is 35.8 Å². The van der Waals surface area contributed by atoms with Gasteiger partial charge >= 0.3 is 12.1 Å². The second kappa shape index (κ2) is 13.2. The van der Waals surface area contributed by atoms with E-state index >= 15 is 0 Å². The van der Waals surface area contributed by atoms with Crippen molar-refractivity contribution in [2.45, 2.75) is 31.9 Å². The first-order valence-corrected chi connectivity index (χ1v) is 15.4. The fraction of sp³-hybridized carbons (Fsp3) is 0.216. The highest BCUT2D eigenvalue weighted by Crippen LogP contribution is 2.38. The minimum atomic E-state index is -0.689. The third-order valence-corrected chi connectivity index (χ3v) is 8.79. The first-order chi connectivity index (χ1) is 22.3. The van der Waals surface area contributed by atoms with Crippen molar-refractivity contribution in [1.82, 2.24) is 10.1 Å². The molecule has 1 saturated heterocycles. The number of nitrogens with zero attached hydrogens (tertiary/aromatic N) is 2. The van der Waals surface area contributed by atoms with Crippen LogP contribution in [0.25, 0.3) is 22.5 Å². The number of ether oxygens (including phenoxy) is 2. The fourth-order valence-electron chi connectivity index (χ4n) is 5.97. The van der Waals surface area contributed by atoms with Gasteiger partial charge in [0.25, 0.3) is 0 Å². The van der Waals surface area contributed by atoms with Crippen molar-refractivity contribution in [3.05, 3.63) is 131 Å². The maximum atomic E-state index is 13.0. The predicted molar refractivity (Wildman–Crippen MR) is 177 cm³/mol. The summed E-state index contributed by atoms with van der Waals surface area (Å²) in [6, 6.07) is 33.3. The molecule has 2 heterocycles. The summed E-state index contributed by atoms with van der Waals surface area (Å²) in [5, 5.41) is 7.37. The Morgan fingerprint density at radius 2 is 1.52 bits per heavy atom. The Hall–Kier alpha value is -4.92. The summed E-state index contributed by atoms with van der Waals surface area (Å²) >= 11 is 6.26. The van der Waals surface area contributed by atoms with E-state index in [4.69, 9.17) is 25.6 Å². The Bertz CT molecular complexity index is 1830. The van der Waals surface area contributed by atoms with Gasteiger partial charge in [-0.3, -0.25) is 15.0 Å². The average Bonchev–Trinajstić information content (AvgIpc) is 3.42. The van der Waals surface area contributed by atoms with Crippen LogP contribution < -0.4 is 5.32 Å². The van der Waals surface area contributed by atoms with Crippen LogP contribution in [0.5, 0.6) is 0 Å². The quantitative estimate of drug-likeness (QED) is 0.163. The van der Waals surface area contributed by atoms with Crippen molar-refractivity contribution in [1.29, 1.82) is 0 Å². The molecule has 1 N–H and O–H groups in total. The number of amides is 1. The number of methoxy groups -OCH3 is 1. The van der Waals surface area contributed by atoms with E-state index in [1.54, 1.807) is 19.9 Å². The fourth-order valence-corrected chi connectivity index (χ4v) is 6.25. The largest absolute Gasteiger partial charge is 0.468 e. The van der Waals surface area contributed by atoms with Crippen LogP contribution in [0.3, 0.4) is 0 Å². The molecule has 234 valence electrons. The molecule has 6 rings (SSSR count). The number of carbonyl (C=O) groups is 2. The number of nitrogens with one attached hydrogen (secondary N) is 1. The van der Waals surface area contributed by atoms with E-state index < -0.39 is 17.6 Å². The molecule has 0 saturated carbocycles. The summed E-state index contributed by atoms with van der Waals surface area (Å²) in [7, 11) is 1.45. The van der Waals surface area contributed by atoms with Crippen LogP contribution in [0.4, 0.5) is 10.5 Å². The molecule has 8 nitrogen and oxygen atoms in total. The number of carbonyl (C=O) groups excluding carboxylic acids is 2. The highest BCUT2D eigenvalue weighted by molar-refractivity contribution is 6.31. The van der Waals surface area contributed by atoms with Crippen LogP contribution in [-0.2, 0) is 26.2 Å². The highest BCUT2D eigenvalue weighted by Gasteiger charge is 2.51. The van der Waals surface area contributed by atoms with Crippen LogP contribution in [-0.4, -0.2) is 42.3 Å². The lowest BCUT2D eigenvalue weighted by molar-refractivity contribution is -0.155. The number of aryl methyl sites for hydroxylation is 1. The monoisotopic (exact) mass is 635 g/mol. The van der Waals surface area contributed by atoms with Gasteiger partial charge in [0.15, 0.2) is 5.76 Å². The zero-order valence-electron chi connectivity index (χ0n) is 25.8. The number of rotatable bonds is 9. The van der Waals surface area contributed by atoms with Gasteiger partial charge in [-0.2, -0.15) is 0 Å². The lowest BCUT2D eigenvalue weighted by Gasteiger charge is -2.48. The molecule has 0 unspecified atom stereocenters. The number of likely N-dealkylation sites (tertiary alicyclic amines) is 1. The maximum absolute atomic E-state index is 13.0. The van der Waals surface area contributed by atoms with Crippen molar-refractivity contribution in [3.63, 3.8) is 0 Å². The normalized spacial score (nSPS) is 14.6. The molecule has 1 amide bonds. The van der Waals surface area contributed by atoms with Gasteiger partial charge in [-0.25, -0.2) is 4.79 Å². The molecule has 1 aromatic heterocycles. The molecule has 1 fully saturated rings. The summed E-state index contributed by atoms with van der Waals surface area (Å²) in [4.78, 5) is 28.0. The maximum Gasteiger partial charge on any atom is 0.412 e. The summed E-state index contributed by atoms with van der Waals surface area (Å²) in [6.45, 7) is 5.49. The van der Waals surface area contributed by atoms with Gasteiger partial charge < -0.3 is 14.0 Å². The molecule has 46 heavy (non-hydrogen) atoms. The molecule has 0 aliphatic carbocycles. The topological polar surface area (TPSA) is 93.9 Å². The summed E-state index contributed by atoms with van der Waals surface area (Å²) in [5.74, 6) is 0.203. The van der Waals surface area contributed by atoms with Crippen molar-refractivity contribution in [2.75, 3.05) is 25.5 Å². The van der Waals surface area contributed by atoms with Crippen molar-refractivity contribution in [3.8, 4) is 22.5 Å². The molecule has 0 bridgehead atoms. The average molecular weight is 636 g/mol. The first kappa shape index (κ1) is 31.1. The van der Waals surface area contributed by atoms with Gasteiger partial charge in [0.1, 0.15) is 22.9 Å². The van der Waals surface area contributed by atoms with Crippen LogP contribution in [0.15, 0.2) is 108 Å². The number of esters is 1. The van der Waals surface area contributed by atoms with E-state index in [-0.39, 0.29) is 5.97 Å². The van der Waals surface area contributed by atoms with Crippen molar-refractivity contribution >= 4 is 29.4 Å². The minimum Gasteiger partial charge on any atom is -0.468 e. The van der Waals surface area contributed by atoms with Gasteiger partial charge in [-0.15, -0.1) is 0 Å². The second-order valence-electron chi connectivity index (χ2n) is 11.5. The lowest BCUT2D eigenvalue weighted by Crippen LogP contribution is -2.63. The number of anilines is 1. The van der Waals surface area contributed by atoms with E-state index in [0.717, 1.165) is 28.8 Å². The second-order valence-corrected chi connectivity index (χ2v) is 11.9. The highest BCUT2D eigenvalue weighted by atomic mass is 35.5. The number of aromatic nitrogens is 1. The zero-order valence-corrected chi connectivity index (χ0v) is 26.6. The summed E-state index contributed by atoms with van der Waals surface area (Å²) < 4.78 is 16.4. The third kappa shape index (κ3) is 6.27. The Morgan fingerprint density at radius 3 is 2.17 bits per heavy atom. The molecular formula is C37H34ClN3O5. The third-order valence-electron chi connectivity index (χ3n) is 8.45. The summed E-state index contributed by atoms with van der Waals surface area (Å²) in [5.41, 5.74) is 5.86. The molecule has 0 radical (unpaired) electrons. The molecule has 0 spiro atoms. The van der Waals surface area contributed by atoms with Gasteiger partial charge in [-0.1, -0.05) is 114 Å². The molecule has 1 aliphatic rings. The van der Waals surface area contributed by atoms with Crippen LogP contribution in [0, 0.1) is 6.92 Å². The number of hydrogen-bond acceptors (Lipinski definition) is 7. The number of benzene rings is 4.